The summed E-state index contributed by atoms with van der Waals surface area (Å²) < 4.78 is 11.7. The molecule has 0 aromatic rings. The average Bonchev–Trinajstić information content (AvgIpc) is 2.39. The van der Waals surface area contributed by atoms with Gasteiger partial charge in [0, 0.05) is 19.8 Å². The van der Waals surface area contributed by atoms with Crippen LogP contribution in [0.15, 0.2) is 0 Å². The number of methoxy groups -OCH3 is 1. The summed E-state index contributed by atoms with van der Waals surface area (Å²) in [6.07, 6.45) is 5.00. The number of ether oxygens (including phenoxy) is 2. The Hall–Kier alpha value is -0.120. The van der Waals surface area contributed by atoms with Gasteiger partial charge in [0.2, 0.25) is 0 Å². The fourth-order valence-corrected chi connectivity index (χ4v) is 3.15. The molecule has 0 bridgehead atoms. The normalized spacial score (nSPS) is 27.9. The van der Waals surface area contributed by atoms with Crippen LogP contribution in [0.2, 0.25) is 0 Å². The van der Waals surface area contributed by atoms with E-state index in [-0.39, 0.29) is 5.60 Å². The molecule has 1 N–H and O–H groups in total. The summed E-state index contributed by atoms with van der Waals surface area (Å²) in [5, 5.41) is 3.61. The molecule has 0 heterocycles. The predicted octanol–water partition coefficient (Wildman–Crippen LogP) is 4.01. The summed E-state index contributed by atoms with van der Waals surface area (Å²) in [7, 11) is 1.78. The summed E-state index contributed by atoms with van der Waals surface area (Å²) in [6.45, 7) is 15.3. The van der Waals surface area contributed by atoms with E-state index in [4.69, 9.17) is 9.47 Å². The van der Waals surface area contributed by atoms with Crippen molar-refractivity contribution in [1.82, 2.24) is 5.32 Å². The SMILES string of the molecule is CCNC1CCC(C(C)(C)C)CC1OCCC(C)(C)OC. The smallest absolute Gasteiger partial charge is 0.0730 e. The maximum Gasteiger partial charge on any atom is 0.0730 e. The first-order valence-electron chi connectivity index (χ1n) is 8.59. The molecule has 126 valence electrons. The lowest BCUT2D eigenvalue weighted by Crippen LogP contribution is -2.47. The van der Waals surface area contributed by atoms with Crippen molar-refractivity contribution in [2.24, 2.45) is 11.3 Å². The van der Waals surface area contributed by atoms with Gasteiger partial charge in [-0.3, -0.25) is 0 Å². The number of likely N-dealkylation sites (N-methyl/N-ethyl adjacent to an activating group) is 1. The summed E-state index contributed by atoms with van der Waals surface area (Å²) in [5.41, 5.74) is 0.288. The number of nitrogens with one attached hydrogen (secondary N) is 1. The van der Waals surface area contributed by atoms with Gasteiger partial charge in [-0.05, 0) is 57.4 Å². The van der Waals surface area contributed by atoms with Gasteiger partial charge in [-0.25, -0.2) is 0 Å². The van der Waals surface area contributed by atoms with Crippen molar-refractivity contribution in [1.29, 1.82) is 0 Å². The van der Waals surface area contributed by atoms with Crippen LogP contribution in [-0.4, -0.2) is 38.0 Å². The Balaban J connectivity index is 2.55. The van der Waals surface area contributed by atoms with E-state index in [1.807, 2.05) is 0 Å². The van der Waals surface area contributed by atoms with Gasteiger partial charge < -0.3 is 14.8 Å². The second kappa shape index (κ2) is 7.94. The Bertz CT molecular complexity index is 296. The van der Waals surface area contributed by atoms with E-state index in [1.54, 1.807) is 7.11 Å². The summed E-state index contributed by atoms with van der Waals surface area (Å²) >= 11 is 0. The Morgan fingerprint density at radius 3 is 2.29 bits per heavy atom. The molecule has 3 heteroatoms. The Morgan fingerprint density at radius 1 is 1.10 bits per heavy atom. The van der Waals surface area contributed by atoms with E-state index in [9.17, 15) is 0 Å². The van der Waals surface area contributed by atoms with Crippen LogP contribution >= 0.6 is 0 Å². The first-order valence-corrected chi connectivity index (χ1v) is 8.59. The van der Waals surface area contributed by atoms with Crippen molar-refractivity contribution in [3.05, 3.63) is 0 Å². The van der Waals surface area contributed by atoms with Crippen molar-refractivity contribution < 1.29 is 9.47 Å². The van der Waals surface area contributed by atoms with Gasteiger partial charge in [0.05, 0.1) is 11.7 Å². The van der Waals surface area contributed by atoms with Crippen LogP contribution in [0.3, 0.4) is 0 Å². The highest BCUT2D eigenvalue weighted by Gasteiger charge is 2.36. The standard InChI is InChI=1S/C18H37NO2/c1-8-19-15-10-9-14(17(2,3)4)13-16(15)21-12-11-18(5,6)20-7/h14-16,19H,8-13H2,1-7H3. The molecule has 0 amide bonds. The minimum absolute atomic E-state index is 0.0915. The van der Waals surface area contributed by atoms with Gasteiger partial charge in [-0.1, -0.05) is 27.7 Å². The van der Waals surface area contributed by atoms with Crippen LogP contribution in [0, 0.1) is 11.3 Å². The van der Waals surface area contributed by atoms with Gasteiger partial charge in [-0.2, -0.15) is 0 Å². The number of hydrogen-bond acceptors (Lipinski definition) is 3. The fourth-order valence-electron chi connectivity index (χ4n) is 3.15. The molecular weight excluding hydrogens is 262 g/mol. The van der Waals surface area contributed by atoms with E-state index in [2.05, 4.69) is 46.9 Å². The van der Waals surface area contributed by atoms with E-state index >= 15 is 0 Å². The molecule has 3 nitrogen and oxygen atoms in total. The Morgan fingerprint density at radius 2 is 1.76 bits per heavy atom. The number of hydrogen-bond donors (Lipinski definition) is 1. The monoisotopic (exact) mass is 299 g/mol. The van der Waals surface area contributed by atoms with Crippen LogP contribution in [0.1, 0.15) is 67.2 Å². The quantitative estimate of drug-likeness (QED) is 0.770. The molecule has 0 aromatic carbocycles. The van der Waals surface area contributed by atoms with Gasteiger partial charge in [0.1, 0.15) is 0 Å². The van der Waals surface area contributed by atoms with Crippen molar-refractivity contribution in [3.63, 3.8) is 0 Å². The van der Waals surface area contributed by atoms with Crippen molar-refractivity contribution >= 4 is 0 Å². The lowest BCUT2D eigenvalue weighted by Gasteiger charge is -2.42. The molecule has 1 rings (SSSR count). The molecule has 1 fully saturated rings. The predicted molar refractivity (Wildman–Crippen MR) is 89.7 cm³/mol. The zero-order valence-electron chi connectivity index (χ0n) is 15.3. The molecule has 1 aliphatic rings. The molecule has 0 saturated heterocycles. The third kappa shape index (κ3) is 6.25. The second-order valence-corrected chi connectivity index (χ2v) is 8.16. The molecule has 21 heavy (non-hydrogen) atoms. The van der Waals surface area contributed by atoms with E-state index in [0.29, 0.717) is 17.6 Å². The summed E-state index contributed by atoms with van der Waals surface area (Å²) in [5.74, 6) is 0.757. The van der Waals surface area contributed by atoms with Crippen molar-refractivity contribution in [2.45, 2.75) is 85.0 Å². The highest BCUT2D eigenvalue weighted by atomic mass is 16.5. The zero-order valence-corrected chi connectivity index (χ0v) is 15.3. The number of rotatable bonds is 7. The lowest BCUT2D eigenvalue weighted by atomic mass is 9.70. The minimum atomic E-state index is -0.0915. The molecule has 0 aliphatic heterocycles. The van der Waals surface area contributed by atoms with Crippen molar-refractivity contribution in [3.8, 4) is 0 Å². The maximum atomic E-state index is 6.27. The van der Waals surface area contributed by atoms with Crippen LogP contribution < -0.4 is 5.32 Å². The topological polar surface area (TPSA) is 30.5 Å². The third-order valence-electron chi connectivity index (χ3n) is 5.07. The van der Waals surface area contributed by atoms with Crippen LogP contribution in [0.4, 0.5) is 0 Å². The zero-order chi connectivity index (χ0) is 16.1. The van der Waals surface area contributed by atoms with Crippen LogP contribution in [0.25, 0.3) is 0 Å². The average molecular weight is 299 g/mol. The van der Waals surface area contributed by atoms with Gasteiger partial charge in [0.15, 0.2) is 0 Å². The first kappa shape index (κ1) is 18.9. The summed E-state index contributed by atoms with van der Waals surface area (Å²) in [6, 6.07) is 0.513. The van der Waals surface area contributed by atoms with Gasteiger partial charge >= 0.3 is 0 Å². The minimum Gasteiger partial charge on any atom is -0.379 e. The molecule has 3 unspecified atom stereocenters. The van der Waals surface area contributed by atoms with Gasteiger partial charge in [-0.15, -0.1) is 0 Å². The third-order valence-corrected chi connectivity index (χ3v) is 5.07. The molecule has 3 atom stereocenters. The molecule has 0 aromatic heterocycles. The molecule has 0 radical (unpaired) electrons. The molecule has 1 saturated carbocycles. The Kier molecular flexibility index (Phi) is 7.15. The highest BCUT2D eigenvalue weighted by molar-refractivity contribution is 4.90. The summed E-state index contributed by atoms with van der Waals surface area (Å²) in [4.78, 5) is 0. The van der Waals surface area contributed by atoms with Crippen LogP contribution in [0.5, 0.6) is 0 Å². The fraction of sp³-hybridized carbons (Fsp3) is 1.00. The highest BCUT2D eigenvalue weighted by Crippen LogP contribution is 2.39. The molecule has 0 spiro atoms. The van der Waals surface area contributed by atoms with E-state index < -0.39 is 0 Å². The van der Waals surface area contributed by atoms with E-state index in [0.717, 1.165) is 25.5 Å². The Labute approximate surface area is 132 Å². The largest absolute Gasteiger partial charge is 0.379 e. The second-order valence-electron chi connectivity index (χ2n) is 8.16. The molecule has 1 aliphatic carbocycles. The first-order chi connectivity index (χ1) is 9.69. The van der Waals surface area contributed by atoms with Crippen LogP contribution in [-0.2, 0) is 9.47 Å². The lowest BCUT2D eigenvalue weighted by molar-refractivity contribution is -0.0580. The van der Waals surface area contributed by atoms with E-state index in [1.165, 1.54) is 19.3 Å². The van der Waals surface area contributed by atoms with Gasteiger partial charge in [0.25, 0.3) is 0 Å². The maximum absolute atomic E-state index is 6.27. The molecular formula is C18H37NO2. The van der Waals surface area contributed by atoms with Crippen molar-refractivity contribution in [2.75, 3.05) is 20.3 Å².